The molecule has 3 aromatic rings. The molecule has 0 aliphatic carbocycles. The van der Waals surface area contributed by atoms with E-state index < -0.39 is 0 Å². The van der Waals surface area contributed by atoms with Gasteiger partial charge in [-0.25, -0.2) is 4.98 Å². The second-order valence-corrected chi connectivity index (χ2v) is 6.89. The summed E-state index contributed by atoms with van der Waals surface area (Å²) in [5.41, 5.74) is 1.20. The highest BCUT2D eigenvalue weighted by Crippen LogP contribution is 2.21. The highest BCUT2D eigenvalue weighted by atomic mass is 32.1. The maximum Gasteiger partial charge on any atom is 0.255 e. The first-order valence-electron chi connectivity index (χ1n) is 8.42. The standard InChI is InChI=1S/C19H20N4O2S/c1-3-14(16-8-6-10-26-16)22-17(24)11-13-12(2)21-18(23-19(13)25)15-7-4-5-9-20-15/h4-10,14H,3,11H2,1-2H3,(H,22,24)(H,21,23,25). The molecule has 0 radical (unpaired) electrons. The maximum absolute atomic E-state index is 12.5. The zero-order chi connectivity index (χ0) is 18.5. The lowest BCUT2D eigenvalue weighted by molar-refractivity contribution is -0.121. The maximum atomic E-state index is 12.5. The van der Waals surface area contributed by atoms with Crippen LogP contribution < -0.4 is 10.9 Å². The molecule has 2 N–H and O–H groups in total. The number of carbonyl (C=O) groups is 1. The van der Waals surface area contributed by atoms with Crippen molar-refractivity contribution >= 4 is 17.2 Å². The Balaban J connectivity index is 1.77. The number of nitrogens with zero attached hydrogens (tertiary/aromatic N) is 2. The van der Waals surface area contributed by atoms with E-state index in [2.05, 4.69) is 20.3 Å². The molecule has 0 aliphatic heterocycles. The van der Waals surface area contributed by atoms with Gasteiger partial charge in [-0.1, -0.05) is 19.1 Å². The fourth-order valence-electron chi connectivity index (χ4n) is 2.71. The third kappa shape index (κ3) is 4.05. The fourth-order valence-corrected chi connectivity index (χ4v) is 3.57. The number of pyridine rings is 1. The number of H-pyrrole nitrogens is 1. The molecule has 0 saturated heterocycles. The molecule has 134 valence electrons. The number of aromatic amines is 1. The van der Waals surface area contributed by atoms with E-state index in [1.165, 1.54) is 0 Å². The number of nitrogens with one attached hydrogen (secondary N) is 2. The zero-order valence-electron chi connectivity index (χ0n) is 14.7. The molecule has 26 heavy (non-hydrogen) atoms. The summed E-state index contributed by atoms with van der Waals surface area (Å²) in [6, 6.07) is 9.32. The first-order valence-corrected chi connectivity index (χ1v) is 9.30. The summed E-state index contributed by atoms with van der Waals surface area (Å²) in [4.78, 5) is 37.3. The van der Waals surface area contributed by atoms with Gasteiger partial charge in [-0.3, -0.25) is 14.6 Å². The average Bonchev–Trinajstić information content (AvgIpc) is 3.18. The molecule has 3 rings (SSSR count). The van der Waals surface area contributed by atoms with E-state index in [1.807, 2.05) is 30.5 Å². The smallest absolute Gasteiger partial charge is 0.255 e. The third-order valence-electron chi connectivity index (χ3n) is 4.10. The summed E-state index contributed by atoms with van der Waals surface area (Å²) < 4.78 is 0. The highest BCUT2D eigenvalue weighted by Gasteiger charge is 2.17. The predicted molar refractivity (Wildman–Crippen MR) is 102 cm³/mol. The molecule has 0 aromatic carbocycles. The molecular weight excluding hydrogens is 348 g/mol. The summed E-state index contributed by atoms with van der Waals surface area (Å²) >= 11 is 1.61. The van der Waals surface area contributed by atoms with Gasteiger partial charge in [-0.05, 0) is 36.9 Å². The monoisotopic (exact) mass is 368 g/mol. The second kappa shape index (κ2) is 8.05. The first-order chi connectivity index (χ1) is 12.6. The van der Waals surface area contributed by atoms with Crippen molar-refractivity contribution in [2.45, 2.75) is 32.7 Å². The van der Waals surface area contributed by atoms with Crippen LogP contribution in [0.5, 0.6) is 0 Å². The molecule has 0 saturated carbocycles. The van der Waals surface area contributed by atoms with Crippen LogP contribution in [0.15, 0.2) is 46.7 Å². The van der Waals surface area contributed by atoms with Crippen molar-refractivity contribution in [3.05, 3.63) is 68.4 Å². The summed E-state index contributed by atoms with van der Waals surface area (Å²) in [7, 11) is 0. The van der Waals surface area contributed by atoms with Crippen LogP contribution in [0.25, 0.3) is 11.5 Å². The van der Waals surface area contributed by atoms with Crippen LogP contribution in [0.4, 0.5) is 0 Å². The van der Waals surface area contributed by atoms with Gasteiger partial charge in [0.1, 0.15) is 5.69 Å². The van der Waals surface area contributed by atoms with Gasteiger partial charge in [0.25, 0.3) is 5.56 Å². The van der Waals surface area contributed by atoms with Gasteiger partial charge >= 0.3 is 0 Å². The normalized spacial score (nSPS) is 11.9. The van der Waals surface area contributed by atoms with Crippen LogP contribution >= 0.6 is 11.3 Å². The fraction of sp³-hybridized carbons (Fsp3) is 0.263. The summed E-state index contributed by atoms with van der Waals surface area (Å²) in [6.07, 6.45) is 2.43. The van der Waals surface area contributed by atoms with E-state index in [4.69, 9.17) is 0 Å². The lowest BCUT2D eigenvalue weighted by Crippen LogP contribution is -2.31. The van der Waals surface area contributed by atoms with E-state index in [0.717, 1.165) is 11.3 Å². The Kier molecular flexibility index (Phi) is 5.58. The van der Waals surface area contributed by atoms with Crippen molar-refractivity contribution in [2.75, 3.05) is 0 Å². The number of hydrogen-bond acceptors (Lipinski definition) is 5. The predicted octanol–water partition coefficient (Wildman–Crippen LogP) is 3.01. The zero-order valence-corrected chi connectivity index (χ0v) is 15.5. The highest BCUT2D eigenvalue weighted by molar-refractivity contribution is 7.10. The van der Waals surface area contributed by atoms with Crippen molar-refractivity contribution in [3.8, 4) is 11.5 Å². The molecule has 0 spiro atoms. The van der Waals surface area contributed by atoms with Gasteiger partial charge in [0.15, 0.2) is 5.82 Å². The minimum absolute atomic E-state index is 0.00145. The van der Waals surface area contributed by atoms with Gasteiger partial charge in [0.05, 0.1) is 12.5 Å². The van der Waals surface area contributed by atoms with Gasteiger partial charge in [0.2, 0.25) is 5.91 Å². The lowest BCUT2D eigenvalue weighted by atomic mass is 10.1. The number of thiophene rings is 1. The van der Waals surface area contributed by atoms with E-state index in [-0.39, 0.29) is 23.9 Å². The number of aryl methyl sites for hydroxylation is 1. The quantitative estimate of drug-likeness (QED) is 0.700. The molecule has 1 unspecified atom stereocenters. The SMILES string of the molecule is CCC(NC(=O)Cc1c(C)nc(-c2ccccn2)[nH]c1=O)c1cccs1. The molecule has 3 heterocycles. The Hall–Kier alpha value is -2.80. The van der Waals surface area contributed by atoms with Gasteiger partial charge in [-0.2, -0.15) is 0 Å². The van der Waals surface area contributed by atoms with Gasteiger partial charge in [0, 0.05) is 22.3 Å². The lowest BCUT2D eigenvalue weighted by Gasteiger charge is -2.15. The third-order valence-corrected chi connectivity index (χ3v) is 5.08. The molecule has 3 aromatic heterocycles. The minimum Gasteiger partial charge on any atom is -0.348 e. The van der Waals surface area contributed by atoms with Crippen LogP contribution in [0.2, 0.25) is 0 Å². The largest absolute Gasteiger partial charge is 0.348 e. The van der Waals surface area contributed by atoms with E-state index >= 15 is 0 Å². The second-order valence-electron chi connectivity index (χ2n) is 5.91. The number of carbonyl (C=O) groups excluding carboxylic acids is 1. The van der Waals surface area contributed by atoms with Crippen LogP contribution in [0, 0.1) is 6.92 Å². The number of amides is 1. The first kappa shape index (κ1) is 18.0. The number of aromatic nitrogens is 3. The van der Waals surface area contributed by atoms with Crippen molar-refractivity contribution < 1.29 is 4.79 Å². The molecule has 7 heteroatoms. The molecule has 6 nitrogen and oxygen atoms in total. The topological polar surface area (TPSA) is 87.7 Å². The molecule has 0 bridgehead atoms. The van der Waals surface area contributed by atoms with E-state index in [9.17, 15) is 9.59 Å². The van der Waals surface area contributed by atoms with Crippen molar-refractivity contribution in [2.24, 2.45) is 0 Å². The molecular formula is C19H20N4O2S. The number of hydrogen-bond donors (Lipinski definition) is 2. The van der Waals surface area contributed by atoms with Crippen LogP contribution in [0.3, 0.4) is 0 Å². The van der Waals surface area contributed by atoms with Crippen molar-refractivity contribution in [1.29, 1.82) is 0 Å². The van der Waals surface area contributed by atoms with Gasteiger partial charge in [-0.15, -0.1) is 11.3 Å². The molecule has 0 fully saturated rings. The van der Waals surface area contributed by atoms with Crippen molar-refractivity contribution in [3.63, 3.8) is 0 Å². The van der Waals surface area contributed by atoms with Crippen molar-refractivity contribution in [1.82, 2.24) is 20.3 Å². The molecule has 0 aliphatic rings. The molecule has 1 amide bonds. The van der Waals surface area contributed by atoms with Crippen LogP contribution in [-0.2, 0) is 11.2 Å². The summed E-state index contributed by atoms with van der Waals surface area (Å²) in [5.74, 6) is 0.216. The Bertz CT molecular complexity index is 936. The average molecular weight is 368 g/mol. The number of rotatable bonds is 6. The summed E-state index contributed by atoms with van der Waals surface area (Å²) in [6.45, 7) is 3.76. The Morgan fingerprint density at radius 3 is 2.77 bits per heavy atom. The Labute approximate surface area is 155 Å². The van der Waals surface area contributed by atoms with Gasteiger partial charge < -0.3 is 10.3 Å². The summed E-state index contributed by atoms with van der Waals surface area (Å²) in [5, 5.41) is 4.98. The van der Waals surface area contributed by atoms with E-state index in [0.29, 0.717) is 22.8 Å². The van der Waals surface area contributed by atoms with Crippen LogP contribution in [0.1, 0.15) is 35.5 Å². The Morgan fingerprint density at radius 2 is 2.15 bits per heavy atom. The molecule has 1 atom stereocenters. The van der Waals surface area contributed by atoms with E-state index in [1.54, 1.807) is 36.6 Å². The Morgan fingerprint density at radius 1 is 1.31 bits per heavy atom. The minimum atomic E-state index is -0.308. The van der Waals surface area contributed by atoms with Crippen LogP contribution in [-0.4, -0.2) is 20.9 Å².